The van der Waals surface area contributed by atoms with E-state index in [1.807, 2.05) is 0 Å². The van der Waals surface area contributed by atoms with Gasteiger partial charge in [-0.05, 0) is 263 Å². The van der Waals surface area contributed by atoms with Crippen LogP contribution in [0, 0.1) is 35.5 Å². The number of halogens is 1. The molecular weight excluding hydrogens is 744 g/mol. The second kappa shape index (κ2) is 43.5. The van der Waals surface area contributed by atoms with Gasteiger partial charge in [-0.3, -0.25) is 0 Å². The topological polar surface area (TPSA) is 172 Å². The summed E-state index contributed by atoms with van der Waals surface area (Å²) < 4.78 is 0. The first kappa shape index (κ1) is 55.8. The minimum atomic E-state index is 0.560. The van der Waals surface area contributed by atoms with E-state index in [0.717, 1.165) is 127 Å². The predicted molar refractivity (Wildman–Crippen MR) is 255 cm³/mol. The molecule has 3 rings (SSSR count). The lowest BCUT2D eigenvalue weighted by Gasteiger charge is -2.37. The maximum atomic E-state index is 5.56. The molecule has 3 aliphatic rings. The Bertz CT molecular complexity index is 754. The highest BCUT2D eigenvalue weighted by atomic mass is 35.5. The molecule has 13 heteroatoms. The van der Waals surface area contributed by atoms with Crippen molar-refractivity contribution in [2.75, 3.05) is 143 Å². The van der Waals surface area contributed by atoms with Gasteiger partial charge in [-0.25, -0.2) is 0 Å². The van der Waals surface area contributed by atoms with Gasteiger partial charge in [0.15, 0.2) is 0 Å². The lowest BCUT2D eigenvalue weighted by molar-refractivity contribution is 0.167. The fraction of sp³-hybridized carbons (Fsp3) is 1.00. The summed E-state index contributed by atoms with van der Waals surface area (Å²) in [6, 6.07) is 0.560. The van der Waals surface area contributed by atoms with Crippen LogP contribution in [-0.4, -0.2) is 143 Å². The molecule has 348 valence electrons. The largest absolute Gasteiger partial charge is 0.330 e. The summed E-state index contributed by atoms with van der Waals surface area (Å²) in [5.41, 5.74) is 10.9. The normalized spacial score (nSPS) is 22.2. The fourth-order valence-electron chi connectivity index (χ4n) is 7.98. The average Bonchev–Trinajstić information content (AvgIpc) is 3.21. The molecule has 0 saturated heterocycles. The summed E-state index contributed by atoms with van der Waals surface area (Å²) in [4.78, 5) is 0. The highest BCUT2D eigenvalue weighted by Gasteiger charge is 2.31. The molecule has 6 unspecified atom stereocenters. The van der Waals surface area contributed by atoms with Crippen LogP contribution < -0.4 is 64.6 Å². The summed E-state index contributed by atoms with van der Waals surface area (Å²) in [6.07, 6.45) is 18.2. The third-order valence-corrected chi connectivity index (χ3v) is 12.6. The molecule has 0 amide bonds. The van der Waals surface area contributed by atoms with E-state index in [1.54, 1.807) is 0 Å². The van der Waals surface area contributed by atoms with E-state index in [9.17, 15) is 0 Å². The molecular formula is C45H101ClN12. The van der Waals surface area contributed by atoms with E-state index in [-0.39, 0.29) is 0 Å². The zero-order valence-corrected chi connectivity index (χ0v) is 39.2. The van der Waals surface area contributed by atoms with Crippen molar-refractivity contribution in [3.05, 3.63) is 0 Å². The Kier molecular flexibility index (Phi) is 41.8. The molecule has 3 aliphatic carbocycles. The maximum Gasteiger partial charge on any atom is 0.0713 e. The van der Waals surface area contributed by atoms with Crippen LogP contribution in [0.15, 0.2) is 0 Å². The number of nitrogens with one attached hydrogen (secondary N) is 10. The first-order valence-electron chi connectivity index (χ1n) is 24.7. The van der Waals surface area contributed by atoms with Gasteiger partial charge in [-0.15, -0.1) is 11.6 Å². The van der Waals surface area contributed by atoms with Crippen LogP contribution >= 0.6 is 11.6 Å². The standard InChI is InChI=1S/C18H40N4.C15H33ClN4.C12H28N4/c1-3-19-11-5-7-13-21-15-17-9-10-18(17)16-22-14-8-6-12-20-4-2;1-2-17-7-3-8-18-11-14-5-6-15(14)12-19-9-4-10-20-13-16;13-5-1-7-15-9-11-3-4-12(11)10-16-8-2-6-14/h17-22H,3-16H2,1-2H3;14-15,17-20H,2-13H2,1H3;11-12,15-16H,1-10,13-14H2. The molecule has 14 N–H and O–H groups in total. The molecule has 0 aliphatic heterocycles. The van der Waals surface area contributed by atoms with Gasteiger partial charge in [0.25, 0.3) is 0 Å². The van der Waals surface area contributed by atoms with Crippen LogP contribution in [0.4, 0.5) is 0 Å². The van der Waals surface area contributed by atoms with Crippen molar-refractivity contribution < 1.29 is 0 Å². The molecule has 0 aromatic rings. The second-order valence-electron chi connectivity index (χ2n) is 17.1. The van der Waals surface area contributed by atoms with Crippen molar-refractivity contribution >= 4 is 11.6 Å². The number of hydrogen-bond donors (Lipinski definition) is 12. The van der Waals surface area contributed by atoms with Crippen molar-refractivity contribution in [2.24, 2.45) is 47.0 Å². The Morgan fingerprint density at radius 1 is 0.328 bits per heavy atom. The van der Waals surface area contributed by atoms with Crippen LogP contribution in [0.2, 0.25) is 0 Å². The Labute approximate surface area is 364 Å². The van der Waals surface area contributed by atoms with E-state index < -0.39 is 0 Å². The van der Waals surface area contributed by atoms with Crippen LogP contribution in [0.25, 0.3) is 0 Å². The minimum Gasteiger partial charge on any atom is -0.330 e. The monoisotopic (exact) mass is 845 g/mol. The third kappa shape index (κ3) is 31.6. The van der Waals surface area contributed by atoms with Crippen LogP contribution in [0.1, 0.15) is 111 Å². The molecule has 0 spiro atoms. The van der Waals surface area contributed by atoms with Crippen LogP contribution in [-0.2, 0) is 0 Å². The van der Waals surface area contributed by atoms with Crippen molar-refractivity contribution in [3.63, 3.8) is 0 Å². The van der Waals surface area contributed by atoms with Gasteiger partial charge in [0.2, 0.25) is 0 Å². The number of hydrogen-bond acceptors (Lipinski definition) is 12. The third-order valence-electron chi connectivity index (χ3n) is 12.5. The molecule has 0 heterocycles. The zero-order valence-electron chi connectivity index (χ0n) is 38.5. The molecule has 3 saturated carbocycles. The smallest absolute Gasteiger partial charge is 0.0713 e. The van der Waals surface area contributed by atoms with Gasteiger partial charge in [0.05, 0.1) is 6.00 Å². The highest BCUT2D eigenvalue weighted by Crippen LogP contribution is 2.34. The Morgan fingerprint density at radius 2 is 0.552 bits per heavy atom. The van der Waals surface area contributed by atoms with Gasteiger partial charge < -0.3 is 64.6 Å². The molecule has 12 nitrogen and oxygen atoms in total. The summed E-state index contributed by atoms with van der Waals surface area (Å²) in [5, 5.41) is 34.7. The SMILES string of the molecule is CCNCCCCNCC1CCC1CNCCCCNCC.CCNCCCNCC1CCC1CNCCCNCCl.NCCCNCC1CCC1CNCCCN. The lowest BCUT2D eigenvalue weighted by atomic mass is 9.73. The van der Waals surface area contributed by atoms with Crippen molar-refractivity contribution in [1.29, 1.82) is 0 Å². The quantitative estimate of drug-likeness (QED) is 0.0248. The van der Waals surface area contributed by atoms with Crippen molar-refractivity contribution in [2.45, 2.75) is 111 Å². The minimum absolute atomic E-state index is 0.560. The molecule has 0 aromatic heterocycles. The van der Waals surface area contributed by atoms with E-state index in [4.69, 9.17) is 23.1 Å². The summed E-state index contributed by atoms with van der Waals surface area (Å²) >= 11 is 5.56. The van der Waals surface area contributed by atoms with Crippen LogP contribution in [0.3, 0.4) is 0 Å². The zero-order chi connectivity index (χ0) is 42.0. The predicted octanol–water partition coefficient (Wildman–Crippen LogP) is 3.23. The van der Waals surface area contributed by atoms with Gasteiger partial charge in [0, 0.05) is 0 Å². The average molecular weight is 846 g/mol. The highest BCUT2D eigenvalue weighted by molar-refractivity contribution is 6.17. The molecule has 58 heavy (non-hydrogen) atoms. The summed E-state index contributed by atoms with van der Waals surface area (Å²) in [6.45, 7) is 29.8. The fourth-order valence-corrected chi connectivity index (χ4v) is 8.11. The maximum absolute atomic E-state index is 5.56. The number of alkyl halides is 1. The van der Waals surface area contributed by atoms with E-state index in [0.29, 0.717) is 6.00 Å². The number of rotatable bonds is 40. The number of nitrogens with two attached hydrogens (primary N) is 2. The van der Waals surface area contributed by atoms with E-state index in [2.05, 4.69) is 73.9 Å². The van der Waals surface area contributed by atoms with E-state index in [1.165, 1.54) is 136 Å². The van der Waals surface area contributed by atoms with Crippen molar-refractivity contribution in [1.82, 2.24) is 53.2 Å². The van der Waals surface area contributed by atoms with Gasteiger partial charge >= 0.3 is 0 Å². The first-order chi connectivity index (χ1) is 28.6. The summed E-state index contributed by atoms with van der Waals surface area (Å²) in [5.74, 6) is 5.37. The molecule has 0 radical (unpaired) electrons. The molecule has 6 atom stereocenters. The van der Waals surface area contributed by atoms with E-state index >= 15 is 0 Å². The second-order valence-corrected chi connectivity index (χ2v) is 17.4. The van der Waals surface area contributed by atoms with Gasteiger partial charge in [0.1, 0.15) is 0 Å². The Balaban J connectivity index is 0.000000440. The van der Waals surface area contributed by atoms with Crippen LogP contribution in [0.5, 0.6) is 0 Å². The first-order valence-corrected chi connectivity index (χ1v) is 25.2. The summed E-state index contributed by atoms with van der Waals surface area (Å²) in [7, 11) is 0. The van der Waals surface area contributed by atoms with Gasteiger partial charge in [-0.2, -0.15) is 0 Å². The Morgan fingerprint density at radius 3 is 0.793 bits per heavy atom. The van der Waals surface area contributed by atoms with Crippen molar-refractivity contribution in [3.8, 4) is 0 Å². The molecule has 0 bridgehead atoms. The Hall–Kier alpha value is -0.190. The molecule has 0 aromatic carbocycles. The number of unbranched alkanes of at least 4 members (excludes halogenated alkanes) is 2. The lowest BCUT2D eigenvalue weighted by Crippen LogP contribution is -2.41. The van der Waals surface area contributed by atoms with Gasteiger partial charge in [-0.1, -0.05) is 20.8 Å². The molecule has 3 fully saturated rings.